The quantitative estimate of drug-likeness (QED) is 0.700. The molecule has 3 nitrogen and oxygen atoms in total. The second kappa shape index (κ2) is 7.13. The summed E-state index contributed by atoms with van der Waals surface area (Å²) in [5.41, 5.74) is 1.60. The fourth-order valence-corrected chi connectivity index (χ4v) is 2.48. The highest BCUT2D eigenvalue weighted by atomic mass is 127. The van der Waals surface area contributed by atoms with Crippen molar-refractivity contribution in [2.45, 2.75) is 6.54 Å². The Kier molecular flexibility index (Phi) is 5.47. The molecule has 0 atom stereocenters. The van der Waals surface area contributed by atoms with E-state index in [9.17, 15) is 4.79 Å². The van der Waals surface area contributed by atoms with Crippen LogP contribution in [0, 0.1) is 3.57 Å². The van der Waals surface area contributed by atoms with Crippen molar-refractivity contribution in [1.29, 1.82) is 0 Å². The predicted molar refractivity (Wildman–Crippen MR) is 93.0 cm³/mol. The zero-order valence-corrected chi connectivity index (χ0v) is 14.7. The summed E-state index contributed by atoms with van der Waals surface area (Å²) in [6.07, 6.45) is 0. The summed E-state index contributed by atoms with van der Waals surface area (Å²) in [4.78, 5) is 14.1. The van der Waals surface area contributed by atoms with Gasteiger partial charge in [0.05, 0.1) is 12.1 Å². The van der Waals surface area contributed by atoms with Crippen LogP contribution in [0.1, 0.15) is 15.9 Å². The third-order valence-electron chi connectivity index (χ3n) is 3.07. The minimum atomic E-state index is -0.0591. The zero-order valence-electron chi connectivity index (χ0n) is 11.8. The van der Waals surface area contributed by atoms with Crippen molar-refractivity contribution in [1.82, 2.24) is 4.90 Å². The number of methoxy groups -OCH3 is 1. The number of hydrogen-bond acceptors (Lipinski definition) is 2. The molecule has 0 aliphatic heterocycles. The summed E-state index contributed by atoms with van der Waals surface area (Å²) in [6.45, 7) is 0.514. The van der Waals surface area contributed by atoms with Gasteiger partial charge in [-0.05, 0) is 58.5 Å². The van der Waals surface area contributed by atoms with E-state index in [1.165, 1.54) is 0 Å². The van der Waals surface area contributed by atoms with Crippen molar-refractivity contribution in [2.24, 2.45) is 0 Å². The Morgan fingerprint density at radius 1 is 1.29 bits per heavy atom. The van der Waals surface area contributed by atoms with Gasteiger partial charge in [0, 0.05) is 22.7 Å². The van der Waals surface area contributed by atoms with Crippen LogP contribution in [0.2, 0.25) is 5.02 Å². The van der Waals surface area contributed by atoms with Gasteiger partial charge >= 0.3 is 0 Å². The Labute approximate surface area is 143 Å². The molecule has 5 heteroatoms. The molecule has 0 saturated carbocycles. The van der Waals surface area contributed by atoms with Crippen molar-refractivity contribution in [2.75, 3.05) is 14.2 Å². The second-order valence-corrected chi connectivity index (χ2v) is 6.21. The Hall–Kier alpha value is -1.27. The molecule has 0 heterocycles. The lowest BCUT2D eigenvalue weighted by molar-refractivity contribution is 0.0785. The first-order valence-electron chi connectivity index (χ1n) is 6.34. The van der Waals surface area contributed by atoms with Gasteiger partial charge in [0.1, 0.15) is 5.75 Å². The number of carbonyl (C=O) groups excluding carboxylic acids is 1. The maximum absolute atomic E-state index is 12.4. The predicted octanol–water partition coefficient (Wildman–Crippen LogP) is 4.23. The number of amides is 1. The van der Waals surface area contributed by atoms with Crippen LogP contribution in [0.3, 0.4) is 0 Å². The van der Waals surface area contributed by atoms with Crippen LogP contribution in [0.4, 0.5) is 0 Å². The van der Waals surface area contributed by atoms with Gasteiger partial charge in [0.15, 0.2) is 0 Å². The molecule has 0 N–H and O–H groups in total. The monoisotopic (exact) mass is 415 g/mol. The van der Waals surface area contributed by atoms with Crippen LogP contribution in [-0.2, 0) is 6.54 Å². The van der Waals surface area contributed by atoms with Crippen LogP contribution in [-0.4, -0.2) is 25.0 Å². The minimum Gasteiger partial charge on any atom is -0.497 e. The van der Waals surface area contributed by atoms with Gasteiger partial charge in [-0.1, -0.05) is 23.7 Å². The van der Waals surface area contributed by atoms with E-state index < -0.39 is 0 Å². The molecule has 0 radical (unpaired) electrons. The van der Waals surface area contributed by atoms with Crippen LogP contribution in [0.15, 0.2) is 42.5 Å². The van der Waals surface area contributed by atoms with Crippen molar-refractivity contribution in [3.8, 4) is 5.75 Å². The van der Waals surface area contributed by atoms with Crippen LogP contribution < -0.4 is 4.74 Å². The van der Waals surface area contributed by atoms with Crippen molar-refractivity contribution >= 4 is 40.1 Å². The first-order chi connectivity index (χ1) is 10.0. The summed E-state index contributed by atoms with van der Waals surface area (Å²) < 4.78 is 6.12. The van der Waals surface area contributed by atoms with E-state index in [1.807, 2.05) is 30.3 Å². The van der Waals surface area contributed by atoms with E-state index in [2.05, 4.69) is 22.6 Å². The van der Waals surface area contributed by atoms with Crippen molar-refractivity contribution in [3.63, 3.8) is 0 Å². The van der Waals surface area contributed by atoms with Crippen molar-refractivity contribution < 1.29 is 9.53 Å². The van der Waals surface area contributed by atoms with Gasteiger partial charge in [-0.25, -0.2) is 0 Å². The lowest BCUT2D eigenvalue weighted by Gasteiger charge is -2.18. The van der Waals surface area contributed by atoms with Gasteiger partial charge in [-0.3, -0.25) is 4.79 Å². The first kappa shape index (κ1) is 16.1. The Morgan fingerprint density at radius 3 is 2.71 bits per heavy atom. The number of carbonyl (C=O) groups is 1. The standard InChI is InChI=1S/C16H15ClINO2/c1-19(10-11-4-3-5-13(8-11)21-2)16(20)12-6-7-15(18)14(17)9-12/h3-9H,10H2,1-2H3. The number of hydrogen-bond donors (Lipinski definition) is 0. The number of benzene rings is 2. The fraction of sp³-hybridized carbons (Fsp3) is 0.188. The third-order valence-corrected chi connectivity index (χ3v) is 4.64. The maximum Gasteiger partial charge on any atom is 0.253 e. The molecule has 0 aromatic heterocycles. The second-order valence-electron chi connectivity index (χ2n) is 4.64. The number of rotatable bonds is 4. The molecule has 0 aliphatic rings. The van der Waals surface area contributed by atoms with Gasteiger partial charge in [0.25, 0.3) is 5.91 Å². The van der Waals surface area contributed by atoms with Gasteiger partial charge < -0.3 is 9.64 Å². The summed E-state index contributed by atoms with van der Waals surface area (Å²) >= 11 is 8.21. The average Bonchev–Trinajstić information content (AvgIpc) is 2.49. The largest absolute Gasteiger partial charge is 0.497 e. The zero-order chi connectivity index (χ0) is 15.4. The molecule has 0 unspecified atom stereocenters. The summed E-state index contributed by atoms with van der Waals surface area (Å²) in [7, 11) is 3.40. The highest BCUT2D eigenvalue weighted by Gasteiger charge is 2.13. The van der Waals surface area contributed by atoms with E-state index in [-0.39, 0.29) is 5.91 Å². The highest BCUT2D eigenvalue weighted by Crippen LogP contribution is 2.21. The lowest BCUT2D eigenvalue weighted by atomic mass is 10.1. The number of ether oxygens (including phenoxy) is 1. The molecule has 2 aromatic rings. The molecular weight excluding hydrogens is 401 g/mol. The highest BCUT2D eigenvalue weighted by molar-refractivity contribution is 14.1. The molecular formula is C16H15ClINO2. The molecule has 0 spiro atoms. The SMILES string of the molecule is COc1cccc(CN(C)C(=O)c2ccc(I)c(Cl)c2)c1. The number of halogens is 2. The van der Waals surface area contributed by atoms with Crippen LogP contribution in [0.5, 0.6) is 5.75 Å². The third kappa shape index (κ3) is 4.11. The Morgan fingerprint density at radius 2 is 2.05 bits per heavy atom. The Balaban J connectivity index is 2.13. The van der Waals surface area contributed by atoms with Gasteiger partial charge in [-0.2, -0.15) is 0 Å². The van der Waals surface area contributed by atoms with Gasteiger partial charge in [0.2, 0.25) is 0 Å². The summed E-state index contributed by atoms with van der Waals surface area (Å²) in [6, 6.07) is 13.0. The molecule has 0 saturated heterocycles. The average molecular weight is 416 g/mol. The molecule has 0 bridgehead atoms. The fourth-order valence-electron chi connectivity index (χ4n) is 1.97. The molecule has 2 rings (SSSR count). The maximum atomic E-state index is 12.4. The summed E-state index contributed by atoms with van der Waals surface area (Å²) in [5.74, 6) is 0.724. The van der Waals surface area contributed by atoms with Crippen LogP contribution >= 0.6 is 34.2 Å². The Bertz CT molecular complexity index is 660. The van der Waals surface area contributed by atoms with E-state index >= 15 is 0 Å². The van der Waals surface area contributed by atoms with E-state index in [0.29, 0.717) is 17.1 Å². The van der Waals surface area contributed by atoms with E-state index in [4.69, 9.17) is 16.3 Å². The van der Waals surface area contributed by atoms with E-state index in [0.717, 1.165) is 14.9 Å². The molecule has 0 fully saturated rings. The molecule has 110 valence electrons. The number of nitrogens with zero attached hydrogens (tertiary/aromatic N) is 1. The normalized spacial score (nSPS) is 10.3. The minimum absolute atomic E-state index is 0.0591. The van der Waals surface area contributed by atoms with Crippen molar-refractivity contribution in [3.05, 3.63) is 62.2 Å². The molecule has 0 aliphatic carbocycles. The summed E-state index contributed by atoms with van der Waals surface area (Å²) in [5, 5.41) is 0.594. The molecule has 1 amide bonds. The van der Waals surface area contributed by atoms with Gasteiger partial charge in [-0.15, -0.1) is 0 Å². The van der Waals surface area contributed by atoms with E-state index in [1.54, 1.807) is 31.2 Å². The topological polar surface area (TPSA) is 29.5 Å². The first-order valence-corrected chi connectivity index (χ1v) is 7.80. The smallest absolute Gasteiger partial charge is 0.253 e. The molecule has 21 heavy (non-hydrogen) atoms. The molecule has 2 aromatic carbocycles. The van der Waals surface area contributed by atoms with Crippen LogP contribution in [0.25, 0.3) is 0 Å². The lowest BCUT2D eigenvalue weighted by Crippen LogP contribution is -2.26.